The van der Waals surface area contributed by atoms with Gasteiger partial charge >= 0.3 is 5.97 Å². The zero-order valence-corrected chi connectivity index (χ0v) is 15.7. The fraction of sp³-hybridized carbons (Fsp3) is 0.227. The molecule has 1 N–H and O–H groups in total. The molecule has 0 saturated heterocycles. The van der Waals surface area contributed by atoms with Gasteiger partial charge in [0, 0.05) is 10.9 Å². The van der Waals surface area contributed by atoms with Crippen LogP contribution in [0.3, 0.4) is 0 Å². The molecule has 28 heavy (non-hydrogen) atoms. The van der Waals surface area contributed by atoms with Crippen LogP contribution in [0.1, 0.15) is 34.8 Å². The second kappa shape index (κ2) is 8.52. The molecule has 0 aliphatic heterocycles. The second-order valence-electron chi connectivity index (χ2n) is 6.74. The van der Waals surface area contributed by atoms with Crippen LogP contribution in [-0.4, -0.2) is 30.3 Å². The SMILES string of the molecule is CC(C)C(NC(=O)c1ccccc1)C(=O)OCC(=O)c1cc2ccccc2o1. The number of ether oxygens (including phenoxy) is 1. The molecule has 0 bridgehead atoms. The number of carbonyl (C=O) groups is 3. The highest BCUT2D eigenvalue weighted by Gasteiger charge is 2.27. The number of Topliss-reactive ketones (excluding diaryl/α,β-unsaturated/α-hetero) is 1. The zero-order chi connectivity index (χ0) is 20.1. The van der Waals surface area contributed by atoms with E-state index in [1.54, 1.807) is 56.3 Å². The quantitative estimate of drug-likeness (QED) is 0.501. The van der Waals surface area contributed by atoms with Crippen molar-refractivity contribution < 1.29 is 23.5 Å². The Bertz CT molecular complexity index is 957. The Balaban J connectivity index is 1.62. The molecule has 3 rings (SSSR count). The van der Waals surface area contributed by atoms with Gasteiger partial charge in [-0.2, -0.15) is 0 Å². The van der Waals surface area contributed by atoms with Gasteiger partial charge in [-0.15, -0.1) is 0 Å². The summed E-state index contributed by atoms with van der Waals surface area (Å²) in [6.45, 7) is 3.12. The molecule has 3 aromatic rings. The van der Waals surface area contributed by atoms with Crippen LogP contribution in [0.5, 0.6) is 0 Å². The van der Waals surface area contributed by atoms with E-state index in [1.807, 2.05) is 18.2 Å². The van der Waals surface area contributed by atoms with E-state index in [0.717, 1.165) is 5.39 Å². The number of esters is 1. The highest BCUT2D eigenvalue weighted by Crippen LogP contribution is 2.19. The minimum absolute atomic E-state index is 0.128. The Morgan fingerprint density at radius 2 is 1.68 bits per heavy atom. The lowest BCUT2D eigenvalue weighted by Crippen LogP contribution is -2.45. The summed E-state index contributed by atoms with van der Waals surface area (Å²) in [5, 5.41) is 3.47. The summed E-state index contributed by atoms with van der Waals surface area (Å²) < 4.78 is 10.6. The average Bonchev–Trinajstić information content (AvgIpc) is 3.14. The fourth-order valence-electron chi connectivity index (χ4n) is 2.73. The van der Waals surface area contributed by atoms with Gasteiger partial charge in [0.25, 0.3) is 5.91 Å². The topological polar surface area (TPSA) is 85.6 Å². The number of para-hydroxylation sites is 1. The van der Waals surface area contributed by atoms with Gasteiger partial charge in [-0.05, 0) is 30.2 Å². The predicted octanol–water partition coefficient (Wildman–Crippen LogP) is 3.61. The molecular weight excluding hydrogens is 358 g/mol. The highest BCUT2D eigenvalue weighted by atomic mass is 16.5. The van der Waals surface area contributed by atoms with Gasteiger partial charge in [0.05, 0.1) is 0 Å². The van der Waals surface area contributed by atoms with Gasteiger partial charge in [-0.1, -0.05) is 50.2 Å². The molecule has 0 fully saturated rings. The normalized spacial score (nSPS) is 12.0. The molecule has 1 aromatic heterocycles. The standard InChI is InChI=1S/C22H21NO5/c1-14(2)20(23-21(25)15-8-4-3-5-9-15)22(26)27-13-17(24)19-12-16-10-6-7-11-18(16)28-19/h3-12,14,20H,13H2,1-2H3,(H,23,25). The van der Waals surface area contributed by atoms with Gasteiger partial charge in [0.15, 0.2) is 12.4 Å². The number of nitrogens with one attached hydrogen (secondary N) is 1. The molecule has 1 unspecified atom stereocenters. The number of amides is 1. The number of hydrogen-bond donors (Lipinski definition) is 1. The number of fused-ring (bicyclic) bond motifs is 1. The molecule has 0 saturated carbocycles. The summed E-state index contributed by atoms with van der Waals surface area (Å²) >= 11 is 0. The van der Waals surface area contributed by atoms with E-state index in [-0.39, 0.29) is 17.6 Å². The lowest BCUT2D eigenvalue weighted by molar-refractivity contribution is -0.146. The van der Waals surface area contributed by atoms with Crippen molar-refractivity contribution in [3.05, 3.63) is 72.0 Å². The van der Waals surface area contributed by atoms with Gasteiger partial charge in [-0.25, -0.2) is 4.79 Å². The lowest BCUT2D eigenvalue weighted by atomic mass is 10.0. The maximum Gasteiger partial charge on any atom is 0.329 e. The Morgan fingerprint density at radius 1 is 1.00 bits per heavy atom. The van der Waals surface area contributed by atoms with Crippen molar-refractivity contribution in [3.8, 4) is 0 Å². The van der Waals surface area contributed by atoms with Crippen LogP contribution in [0.25, 0.3) is 11.0 Å². The van der Waals surface area contributed by atoms with E-state index in [0.29, 0.717) is 11.1 Å². The first kappa shape index (κ1) is 19.4. The van der Waals surface area contributed by atoms with Crippen molar-refractivity contribution in [2.45, 2.75) is 19.9 Å². The largest absolute Gasteiger partial charge is 0.456 e. The first-order valence-electron chi connectivity index (χ1n) is 9.00. The summed E-state index contributed by atoms with van der Waals surface area (Å²) in [5.41, 5.74) is 1.03. The molecule has 0 spiro atoms. The molecule has 1 amide bonds. The van der Waals surface area contributed by atoms with Crippen LogP contribution in [-0.2, 0) is 9.53 Å². The van der Waals surface area contributed by atoms with Crippen LogP contribution in [0.4, 0.5) is 0 Å². The Morgan fingerprint density at radius 3 is 2.36 bits per heavy atom. The fourth-order valence-corrected chi connectivity index (χ4v) is 2.73. The van der Waals surface area contributed by atoms with E-state index >= 15 is 0 Å². The molecule has 0 radical (unpaired) electrons. The number of rotatable bonds is 7. The molecule has 0 aliphatic carbocycles. The van der Waals surface area contributed by atoms with E-state index in [9.17, 15) is 14.4 Å². The minimum Gasteiger partial charge on any atom is -0.456 e. The van der Waals surface area contributed by atoms with Crippen molar-refractivity contribution in [1.29, 1.82) is 0 Å². The highest BCUT2D eigenvalue weighted by molar-refractivity contribution is 6.00. The van der Waals surface area contributed by atoms with Gasteiger partial charge < -0.3 is 14.5 Å². The summed E-state index contributed by atoms with van der Waals surface area (Å²) in [7, 11) is 0. The molecule has 2 aromatic carbocycles. The number of carbonyl (C=O) groups excluding carboxylic acids is 3. The maximum absolute atomic E-state index is 12.4. The van der Waals surface area contributed by atoms with Crippen LogP contribution >= 0.6 is 0 Å². The zero-order valence-electron chi connectivity index (χ0n) is 15.7. The lowest BCUT2D eigenvalue weighted by Gasteiger charge is -2.20. The molecule has 6 heteroatoms. The van der Waals surface area contributed by atoms with Crippen molar-refractivity contribution >= 4 is 28.6 Å². The Labute approximate surface area is 162 Å². The summed E-state index contributed by atoms with van der Waals surface area (Å²) in [5.74, 6) is -1.56. The van der Waals surface area contributed by atoms with Crippen molar-refractivity contribution in [2.75, 3.05) is 6.61 Å². The smallest absolute Gasteiger partial charge is 0.329 e. The molecule has 0 aliphatic rings. The van der Waals surface area contributed by atoms with Crippen LogP contribution in [0, 0.1) is 5.92 Å². The first-order valence-corrected chi connectivity index (χ1v) is 9.00. The first-order chi connectivity index (χ1) is 13.5. The van der Waals surface area contributed by atoms with Crippen LogP contribution in [0.15, 0.2) is 65.1 Å². The van der Waals surface area contributed by atoms with Crippen molar-refractivity contribution in [2.24, 2.45) is 5.92 Å². The summed E-state index contributed by atoms with van der Waals surface area (Å²) in [6, 6.07) is 16.6. The molecule has 6 nitrogen and oxygen atoms in total. The Kier molecular flexibility index (Phi) is 5.89. The van der Waals surface area contributed by atoms with Gasteiger partial charge in [0.2, 0.25) is 5.78 Å². The number of furan rings is 1. The third-order valence-corrected chi connectivity index (χ3v) is 4.29. The minimum atomic E-state index is -0.865. The van der Waals surface area contributed by atoms with Crippen molar-refractivity contribution in [1.82, 2.24) is 5.32 Å². The third-order valence-electron chi connectivity index (χ3n) is 4.29. The molecular formula is C22H21NO5. The second-order valence-corrected chi connectivity index (χ2v) is 6.74. The average molecular weight is 379 g/mol. The van der Waals surface area contributed by atoms with Crippen LogP contribution < -0.4 is 5.32 Å². The van der Waals surface area contributed by atoms with Crippen LogP contribution in [0.2, 0.25) is 0 Å². The third kappa shape index (κ3) is 4.46. The van der Waals surface area contributed by atoms with Gasteiger partial charge in [-0.3, -0.25) is 9.59 Å². The monoisotopic (exact) mass is 379 g/mol. The van der Waals surface area contributed by atoms with Crippen molar-refractivity contribution in [3.63, 3.8) is 0 Å². The predicted molar refractivity (Wildman–Crippen MR) is 104 cm³/mol. The number of ketones is 1. The van der Waals surface area contributed by atoms with E-state index < -0.39 is 24.4 Å². The van der Waals surface area contributed by atoms with Gasteiger partial charge in [0.1, 0.15) is 11.6 Å². The summed E-state index contributed by atoms with van der Waals surface area (Å²) in [6.07, 6.45) is 0. The Hall–Kier alpha value is -3.41. The van der Waals surface area contributed by atoms with E-state index in [1.165, 1.54) is 0 Å². The molecule has 1 heterocycles. The van der Waals surface area contributed by atoms with E-state index in [4.69, 9.17) is 9.15 Å². The number of benzene rings is 2. The maximum atomic E-state index is 12.4. The molecule has 144 valence electrons. The summed E-state index contributed by atoms with van der Waals surface area (Å²) in [4.78, 5) is 37.1. The molecule has 1 atom stereocenters. The number of hydrogen-bond acceptors (Lipinski definition) is 5. The van der Waals surface area contributed by atoms with E-state index in [2.05, 4.69) is 5.32 Å².